The first-order valence-electron chi connectivity index (χ1n) is 4.50. The van der Waals surface area contributed by atoms with Crippen molar-refractivity contribution in [2.24, 2.45) is 0 Å². The molecule has 0 aliphatic rings. The molecule has 0 aliphatic heterocycles. The van der Waals surface area contributed by atoms with Crippen LogP contribution < -0.4 is 10.9 Å². The summed E-state index contributed by atoms with van der Waals surface area (Å²) in [5.41, 5.74) is 6.94. The minimum absolute atomic E-state index is 0.127. The summed E-state index contributed by atoms with van der Waals surface area (Å²) in [6.07, 6.45) is 0.127. The number of aliphatic carboxylic acids is 1. The van der Waals surface area contributed by atoms with Gasteiger partial charge in [0.25, 0.3) is 0 Å². The van der Waals surface area contributed by atoms with Crippen molar-refractivity contribution >= 4 is 5.97 Å². The maximum atomic E-state index is 10.2. The van der Waals surface area contributed by atoms with E-state index in [1.54, 1.807) is 0 Å². The Bertz CT molecular complexity index is 275. The zero-order chi connectivity index (χ0) is 10.2. The molecule has 0 heterocycles. The average Bonchev–Trinajstić information content (AvgIpc) is 2.18. The molecule has 1 aromatic rings. The molecule has 4 nitrogen and oxygen atoms in total. The highest BCUT2D eigenvalue weighted by Crippen LogP contribution is 1.95. The van der Waals surface area contributed by atoms with Crippen LogP contribution in [0.2, 0.25) is 0 Å². The smallest absolute Gasteiger partial charge is 0.304 e. The number of hydrogen-bond acceptors (Lipinski definition) is 3. The maximum Gasteiger partial charge on any atom is 0.304 e. The molecule has 0 amide bonds. The number of carboxylic acid groups (broad SMARTS) is 1. The molecule has 0 atom stereocenters. The topological polar surface area (TPSA) is 61.4 Å². The highest BCUT2D eigenvalue weighted by Gasteiger charge is 1.94. The lowest BCUT2D eigenvalue weighted by Gasteiger charge is -2.05. The van der Waals surface area contributed by atoms with Crippen LogP contribution >= 0.6 is 0 Å². The van der Waals surface area contributed by atoms with Gasteiger partial charge < -0.3 is 5.11 Å². The van der Waals surface area contributed by atoms with Crippen LogP contribution in [0.15, 0.2) is 30.3 Å². The Hall–Kier alpha value is -1.39. The highest BCUT2D eigenvalue weighted by molar-refractivity contribution is 5.66. The molecule has 3 N–H and O–H groups in total. The van der Waals surface area contributed by atoms with Gasteiger partial charge in [0, 0.05) is 13.1 Å². The Morgan fingerprint density at radius 2 is 1.93 bits per heavy atom. The molecule has 0 radical (unpaired) electrons. The van der Waals surface area contributed by atoms with Crippen molar-refractivity contribution in [3.63, 3.8) is 0 Å². The molecule has 0 aromatic heterocycles. The molecular formula is C10H14N2O2. The largest absolute Gasteiger partial charge is 0.481 e. The molecule has 0 saturated carbocycles. The van der Waals surface area contributed by atoms with Crippen LogP contribution in [0.25, 0.3) is 0 Å². The molecule has 0 aliphatic carbocycles. The normalized spacial score (nSPS) is 10.0. The molecule has 1 aromatic carbocycles. The third-order valence-electron chi connectivity index (χ3n) is 1.72. The van der Waals surface area contributed by atoms with Crippen LogP contribution in [0, 0.1) is 0 Å². The molecule has 14 heavy (non-hydrogen) atoms. The van der Waals surface area contributed by atoms with Gasteiger partial charge in [0.1, 0.15) is 0 Å². The fraction of sp³-hybridized carbons (Fsp3) is 0.300. The third kappa shape index (κ3) is 4.59. The number of carboxylic acids is 1. The van der Waals surface area contributed by atoms with E-state index in [0.717, 1.165) is 5.56 Å². The Morgan fingerprint density at radius 1 is 1.21 bits per heavy atom. The lowest BCUT2D eigenvalue weighted by molar-refractivity contribution is -0.136. The van der Waals surface area contributed by atoms with Gasteiger partial charge in [-0.25, -0.2) is 0 Å². The molecule has 0 spiro atoms. The van der Waals surface area contributed by atoms with Crippen LogP contribution in [0.5, 0.6) is 0 Å². The van der Waals surface area contributed by atoms with Crippen LogP contribution in [-0.2, 0) is 11.3 Å². The third-order valence-corrected chi connectivity index (χ3v) is 1.72. The predicted octanol–water partition coefficient (Wildman–Crippen LogP) is 0.755. The molecule has 0 unspecified atom stereocenters. The van der Waals surface area contributed by atoms with Gasteiger partial charge in [0.15, 0.2) is 0 Å². The number of nitrogens with one attached hydrogen (secondary N) is 2. The van der Waals surface area contributed by atoms with Crippen molar-refractivity contribution in [2.45, 2.75) is 13.0 Å². The fourth-order valence-electron chi connectivity index (χ4n) is 1.02. The van der Waals surface area contributed by atoms with Crippen molar-refractivity contribution < 1.29 is 9.90 Å². The lowest BCUT2D eigenvalue weighted by atomic mass is 10.2. The summed E-state index contributed by atoms with van der Waals surface area (Å²) in [7, 11) is 0. The van der Waals surface area contributed by atoms with Crippen LogP contribution in [-0.4, -0.2) is 17.6 Å². The molecule has 4 heteroatoms. The number of hydrogen-bond donors (Lipinski definition) is 3. The monoisotopic (exact) mass is 194 g/mol. The van der Waals surface area contributed by atoms with Gasteiger partial charge >= 0.3 is 5.97 Å². The second-order valence-electron chi connectivity index (χ2n) is 2.91. The van der Waals surface area contributed by atoms with E-state index in [0.29, 0.717) is 13.1 Å². The van der Waals surface area contributed by atoms with Crippen molar-refractivity contribution in [3.8, 4) is 0 Å². The van der Waals surface area contributed by atoms with Gasteiger partial charge in [-0.1, -0.05) is 30.3 Å². The van der Waals surface area contributed by atoms with E-state index in [4.69, 9.17) is 5.11 Å². The Kier molecular flexibility index (Phi) is 4.68. The molecule has 76 valence electrons. The lowest BCUT2D eigenvalue weighted by Crippen LogP contribution is -2.32. The fourth-order valence-corrected chi connectivity index (χ4v) is 1.02. The molecule has 1 rings (SSSR count). The summed E-state index contributed by atoms with van der Waals surface area (Å²) in [4.78, 5) is 10.2. The standard InChI is InChI=1S/C10H14N2O2/c13-10(14)6-7-11-12-8-9-4-2-1-3-5-9/h1-5,11-12H,6-8H2,(H,13,14). The van der Waals surface area contributed by atoms with Gasteiger partial charge in [-0.05, 0) is 5.56 Å². The van der Waals surface area contributed by atoms with Gasteiger partial charge in [0.2, 0.25) is 0 Å². The second kappa shape index (κ2) is 6.12. The summed E-state index contributed by atoms with van der Waals surface area (Å²) >= 11 is 0. The summed E-state index contributed by atoms with van der Waals surface area (Å²) < 4.78 is 0. The number of benzene rings is 1. The molecule has 0 bridgehead atoms. The summed E-state index contributed by atoms with van der Waals surface area (Å²) in [6, 6.07) is 9.90. The number of hydrazine groups is 1. The van der Waals surface area contributed by atoms with Gasteiger partial charge in [-0.15, -0.1) is 0 Å². The molecular weight excluding hydrogens is 180 g/mol. The van der Waals surface area contributed by atoms with Crippen LogP contribution in [0.4, 0.5) is 0 Å². The number of rotatable bonds is 6. The summed E-state index contributed by atoms with van der Waals surface area (Å²) in [6.45, 7) is 1.13. The van der Waals surface area contributed by atoms with Gasteiger partial charge in [-0.2, -0.15) is 0 Å². The molecule has 0 saturated heterocycles. The van der Waals surface area contributed by atoms with Crippen molar-refractivity contribution in [1.29, 1.82) is 0 Å². The Labute approximate surface area is 82.9 Å². The number of carbonyl (C=O) groups is 1. The van der Waals surface area contributed by atoms with Crippen molar-refractivity contribution in [2.75, 3.05) is 6.54 Å². The van der Waals surface area contributed by atoms with E-state index < -0.39 is 5.97 Å². The highest BCUT2D eigenvalue weighted by atomic mass is 16.4. The summed E-state index contributed by atoms with van der Waals surface area (Å²) in [5.74, 6) is -0.793. The van der Waals surface area contributed by atoms with E-state index in [2.05, 4.69) is 10.9 Å². The molecule has 0 fully saturated rings. The van der Waals surface area contributed by atoms with E-state index in [1.165, 1.54) is 0 Å². The van der Waals surface area contributed by atoms with Crippen LogP contribution in [0.3, 0.4) is 0 Å². The SMILES string of the molecule is O=C(O)CCNNCc1ccccc1. The van der Waals surface area contributed by atoms with Gasteiger partial charge in [-0.3, -0.25) is 15.6 Å². The Balaban J connectivity index is 2.08. The first-order chi connectivity index (χ1) is 6.79. The van der Waals surface area contributed by atoms with E-state index in [-0.39, 0.29) is 6.42 Å². The summed E-state index contributed by atoms with van der Waals surface area (Å²) in [5, 5.41) is 8.36. The van der Waals surface area contributed by atoms with Crippen molar-refractivity contribution in [1.82, 2.24) is 10.9 Å². The van der Waals surface area contributed by atoms with E-state index in [9.17, 15) is 4.79 Å². The van der Waals surface area contributed by atoms with Crippen LogP contribution in [0.1, 0.15) is 12.0 Å². The van der Waals surface area contributed by atoms with E-state index in [1.807, 2.05) is 30.3 Å². The minimum Gasteiger partial charge on any atom is -0.481 e. The quantitative estimate of drug-likeness (QED) is 0.462. The Morgan fingerprint density at radius 3 is 2.57 bits per heavy atom. The minimum atomic E-state index is -0.793. The zero-order valence-corrected chi connectivity index (χ0v) is 7.86. The van der Waals surface area contributed by atoms with E-state index >= 15 is 0 Å². The first kappa shape index (κ1) is 10.7. The average molecular weight is 194 g/mol. The predicted molar refractivity (Wildman–Crippen MR) is 53.5 cm³/mol. The zero-order valence-electron chi connectivity index (χ0n) is 7.86. The first-order valence-corrected chi connectivity index (χ1v) is 4.50. The van der Waals surface area contributed by atoms with Gasteiger partial charge in [0.05, 0.1) is 6.42 Å². The van der Waals surface area contributed by atoms with Crippen molar-refractivity contribution in [3.05, 3.63) is 35.9 Å². The maximum absolute atomic E-state index is 10.2. The second-order valence-corrected chi connectivity index (χ2v) is 2.91.